The van der Waals surface area contributed by atoms with E-state index in [2.05, 4.69) is 10.6 Å². The fourth-order valence-electron chi connectivity index (χ4n) is 2.47. The van der Waals surface area contributed by atoms with Crippen molar-refractivity contribution in [2.24, 2.45) is 0 Å². The summed E-state index contributed by atoms with van der Waals surface area (Å²) in [6.45, 7) is 1.31. The zero-order valence-corrected chi connectivity index (χ0v) is 15.1. The molecule has 138 valence electrons. The fourth-order valence-corrected chi connectivity index (χ4v) is 4.18. The van der Waals surface area contributed by atoms with Crippen molar-refractivity contribution in [3.05, 3.63) is 29.0 Å². The first-order chi connectivity index (χ1) is 11.7. The highest BCUT2D eigenvalue weighted by Crippen LogP contribution is 2.22. The van der Waals surface area contributed by atoms with Crippen LogP contribution in [0.4, 0.5) is 9.18 Å². The minimum Gasteiger partial charge on any atom is -0.341 e. The number of amides is 3. The van der Waals surface area contributed by atoms with E-state index in [1.165, 1.54) is 17.4 Å². The van der Waals surface area contributed by atoms with E-state index in [1.54, 1.807) is 0 Å². The number of piperazine rings is 1. The van der Waals surface area contributed by atoms with Gasteiger partial charge in [0.1, 0.15) is 5.82 Å². The second kappa shape index (κ2) is 8.09. The van der Waals surface area contributed by atoms with Crippen LogP contribution in [0.15, 0.2) is 23.1 Å². The van der Waals surface area contributed by atoms with E-state index >= 15 is 0 Å². The molecule has 1 heterocycles. The lowest BCUT2D eigenvalue weighted by Crippen LogP contribution is -3.15. The van der Waals surface area contributed by atoms with Crippen LogP contribution in [0.2, 0.25) is 5.02 Å². The normalized spacial score (nSPS) is 16.4. The van der Waals surface area contributed by atoms with E-state index in [9.17, 15) is 22.4 Å². The van der Waals surface area contributed by atoms with E-state index in [1.807, 2.05) is 0 Å². The Kier molecular flexibility index (Phi) is 6.33. The molecule has 0 saturated carbocycles. The summed E-state index contributed by atoms with van der Waals surface area (Å²) in [5, 5.41) is 4.19. The van der Waals surface area contributed by atoms with Crippen LogP contribution in [0.25, 0.3) is 0 Å². The average Bonchev–Trinajstić information content (AvgIpc) is 2.57. The van der Waals surface area contributed by atoms with Gasteiger partial charge >= 0.3 is 6.03 Å². The number of halogens is 2. The van der Waals surface area contributed by atoms with Gasteiger partial charge in [-0.15, -0.1) is 0 Å². The van der Waals surface area contributed by atoms with Gasteiger partial charge in [0.2, 0.25) is 10.0 Å². The van der Waals surface area contributed by atoms with Gasteiger partial charge in [0, 0.05) is 7.05 Å². The lowest BCUT2D eigenvalue weighted by atomic mass is 10.3. The third-order valence-electron chi connectivity index (χ3n) is 3.85. The second-order valence-corrected chi connectivity index (χ2v) is 7.88. The molecule has 0 aromatic heterocycles. The predicted molar refractivity (Wildman–Crippen MR) is 88.3 cm³/mol. The van der Waals surface area contributed by atoms with E-state index in [0.29, 0.717) is 13.1 Å². The minimum atomic E-state index is -3.77. The Morgan fingerprint density at radius 3 is 2.52 bits per heavy atom. The van der Waals surface area contributed by atoms with E-state index in [-0.39, 0.29) is 29.6 Å². The molecule has 0 aliphatic carbocycles. The van der Waals surface area contributed by atoms with Crippen LogP contribution in [0.5, 0.6) is 0 Å². The average molecular weight is 394 g/mol. The van der Waals surface area contributed by atoms with Gasteiger partial charge in [0.05, 0.1) is 36.1 Å². The number of quaternary nitrogens is 1. The van der Waals surface area contributed by atoms with Crippen LogP contribution >= 0.6 is 11.6 Å². The molecular weight excluding hydrogens is 375 g/mol. The number of benzene rings is 1. The Labute approximate surface area is 150 Å². The molecule has 1 aliphatic rings. The van der Waals surface area contributed by atoms with Crippen molar-refractivity contribution < 1.29 is 27.3 Å². The van der Waals surface area contributed by atoms with Crippen molar-refractivity contribution in [2.45, 2.75) is 4.90 Å². The summed E-state index contributed by atoms with van der Waals surface area (Å²) in [5.41, 5.74) is 0. The number of nitrogens with one attached hydrogen (secondary N) is 3. The zero-order chi connectivity index (χ0) is 18.6. The molecule has 1 aliphatic heterocycles. The molecule has 11 heteroatoms. The Morgan fingerprint density at radius 1 is 1.32 bits per heavy atom. The van der Waals surface area contributed by atoms with Crippen LogP contribution < -0.4 is 15.5 Å². The number of imide groups is 1. The lowest BCUT2D eigenvalue weighted by molar-refractivity contribution is -0.895. The molecule has 1 aromatic carbocycles. The smallest absolute Gasteiger partial charge is 0.321 e. The maximum atomic E-state index is 13.2. The SMILES string of the molecule is CNC(=O)NC(=O)C[NH+]1CCN(S(=O)(=O)c2ccc(F)c(Cl)c2)CC1. The fraction of sp³-hybridized carbons (Fsp3) is 0.429. The molecule has 3 N–H and O–H groups in total. The Bertz CT molecular complexity index is 766. The Balaban J connectivity index is 1.95. The molecule has 0 spiro atoms. The predicted octanol–water partition coefficient (Wildman–Crippen LogP) is -1.18. The van der Waals surface area contributed by atoms with Crippen LogP contribution in [0, 0.1) is 5.82 Å². The number of hydrogen-bond donors (Lipinski definition) is 3. The number of carbonyl (C=O) groups is 2. The van der Waals surface area contributed by atoms with Crippen molar-refractivity contribution >= 4 is 33.6 Å². The lowest BCUT2D eigenvalue weighted by Gasteiger charge is -2.31. The highest BCUT2D eigenvalue weighted by Gasteiger charge is 2.31. The summed E-state index contributed by atoms with van der Waals surface area (Å²) in [5.74, 6) is -1.12. The molecular formula is C14H19ClFN4O4S+. The van der Waals surface area contributed by atoms with Gasteiger partial charge in [0.25, 0.3) is 5.91 Å². The zero-order valence-electron chi connectivity index (χ0n) is 13.5. The number of urea groups is 1. The summed E-state index contributed by atoms with van der Waals surface area (Å²) in [6, 6.07) is 2.69. The van der Waals surface area contributed by atoms with Crippen LogP contribution in [-0.2, 0) is 14.8 Å². The first kappa shape index (κ1) is 19.6. The number of sulfonamides is 1. The van der Waals surface area contributed by atoms with Gasteiger partial charge in [-0.3, -0.25) is 10.1 Å². The first-order valence-corrected chi connectivity index (χ1v) is 9.36. The van der Waals surface area contributed by atoms with Crippen LogP contribution in [-0.4, -0.2) is 64.4 Å². The minimum absolute atomic E-state index is 0.0697. The van der Waals surface area contributed by atoms with Gasteiger partial charge in [-0.2, -0.15) is 4.31 Å². The monoisotopic (exact) mass is 393 g/mol. The summed E-state index contributed by atoms with van der Waals surface area (Å²) >= 11 is 5.65. The second-order valence-electron chi connectivity index (χ2n) is 5.53. The van der Waals surface area contributed by atoms with Crippen molar-refractivity contribution in [1.29, 1.82) is 0 Å². The molecule has 0 radical (unpaired) electrons. The molecule has 1 saturated heterocycles. The molecule has 1 fully saturated rings. The third-order valence-corrected chi connectivity index (χ3v) is 6.03. The van der Waals surface area contributed by atoms with Gasteiger partial charge < -0.3 is 10.2 Å². The van der Waals surface area contributed by atoms with Crippen LogP contribution in [0.3, 0.4) is 0 Å². The molecule has 3 amide bonds. The van der Waals surface area contributed by atoms with Gasteiger partial charge in [0.15, 0.2) is 6.54 Å². The van der Waals surface area contributed by atoms with Gasteiger partial charge in [-0.25, -0.2) is 17.6 Å². The van der Waals surface area contributed by atoms with Crippen molar-refractivity contribution in [3.8, 4) is 0 Å². The van der Waals surface area contributed by atoms with Gasteiger partial charge in [-0.05, 0) is 18.2 Å². The summed E-state index contributed by atoms with van der Waals surface area (Å²) in [4.78, 5) is 23.5. The van der Waals surface area contributed by atoms with Crippen molar-refractivity contribution in [3.63, 3.8) is 0 Å². The quantitative estimate of drug-likeness (QED) is 0.599. The van der Waals surface area contributed by atoms with Crippen LogP contribution in [0.1, 0.15) is 0 Å². The highest BCUT2D eigenvalue weighted by atomic mass is 35.5. The van der Waals surface area contributed by atoms with Crippen molar-refractivity contribution in [2.75, 3.05) is 39.8 Å². The standard InChI is InChI=1S/C14H18ClFN4O4S/c1-17-14(22)18-13(21)9-19-4-6-20(7-5-19)25(23,24)10-2-3-12(16)11(15)8-10/h2-3,8H,4-7,9H2,1H3,(H2,17,18,21,22)/p+1. The summed E-state index contributed by atoms with van der Waals surface area (Å²) in [6.07, 6.45) is 0. The Morgan fingerprint density at radius 2 is 1.96 bits per heavy atom. The molecule has 2 rings (SSSR count). The largest absolute Gasteiger partial charge is 0.341 e. The Hall–Kier alpha value is -1.75. The highest BCUT2D eigenvalue weighted by molar-refractivity contribution is 7.89. The number of hydrogen-bond acceptors (Lipinski definition) is 4. The maximum absolute atomic E-state index is 13.2. The summed E-state index contributed by atoms with van der Waals surface area (Å²) in [7, 11) is -2.37. The van der Waals surface area contributed by atoms with E-state index in [0.717, 1.165) is 17.0 Å². The van der Waals surface area contributed by atoms with Crippen molar-refractivity contribution in [1.82, 2.24) is 14.9 Å². The third kappa shape index (κ3) is 4.88. The molecule has 25 heavy (non-hydrogen) atoms. The van der Waals surface area contributed by atoms with E-state index in [4.69, 9.17) is 11.6 Å². The molecule has 1 aromatic rings. The maximum Gasteiger partial charge on any atom is 0.321 e. The molecule has 0 atom stereocenters. The van der Waals surface area contributed by atoms with Gasteiger partial charge in [-0.1, -0.05) is 11.6 Å². The molecule has 8 nitrogen and oxygen atoms in total. The number of rotatable bonds is 4. The number of carbonyl (C=O) groups excluding carboxylic acids is 2. The first-order valence-electron chi connectivity index (χ1n) is 7.54. The number of nitrogens with zero attached hydrogens (tertiary/aromatic N) is 1. The molecule has 0 bridgehead atoms. The summed E-state index contributed by atoms with van der Waals surface area (Å²) < 4.78 is 39.6. The molecule has 0 unspecified atom stereocenters. The van der Waals surface area contributed by atoms with E-state index < -0.39 is 27.8 Å². The topological polar surface area (TPSA) is 100 Å².